The summed E-state index contributed by atoms with van der Waals surface area (Å²) < 4.78 is 7.05. The van der Waals surface area contributed by atoms with E-state index < -0.39 is 5.41 Å². The van der Waals surface area contributed by atoms with Gasteiger partial charge in [0.2, 0.25) is 0 Å². The molecule has 0 atom stereocenters. The van der Waals surface area contributed by atoms with Gasteiger partial charge in [-0.15, -0.1) is 0 Å². The van der Waals surface area contributed by atoms with Gasteiger partial charge in [-0.05, 0) is 114 Å². The summed E-state index contributed by atoms with van der Waals surface area (Å²) in [6.45, 7) is 0. The molecule has 12 aromatic rings. The Labute approximate surface area is 389 Å². The highest BCUT2D eigenvalue weighted by Crippen LogP contribution is 2.64. The van der Waals surface area contributed by atoms with Crippen LogP contribution in [0.3, 0.4) is 0 Å². The van der Waals surface area contributed by atoms with Crippen molar-refractivity contribution < 1.29 is 4.42 Å². The van der Waals surface area contributed by atoms with E-state index in [4.69, 9.17) is 4.42 Å². The van der Waals surface area contributed by atoms with Crippen LogP contribution in [0.1, 0.15) is 22.3 Å². The van der Waals surface area contributed by atoms with E-state index >= 15 is 0 Å². The molecule has 312 valence electrons. The Balaban J connectivity index is 0.931. The fraction of sp³-hybridized carbons (Fsp3) is 0.0154. The van der Waals surface area contributed by atoms with E-state index in [0.717, 1.165) is 67.0 Å². The number of anilines is 3. The SMILES string of the molecule is c1ccc(-c2oc3c4ccc(-c5ccc(N(c6ccccc6)c6cccc7c6-c6ccccc6C76c7ccccc7-c7ccccc76)cc5)cc4c4ccccc4c3c2-c2ccccc2)cc1. The van der Waals surface area contributed by atoms with Gasteiger partial charge in [-0.2, -0.15) is 0 Å². The summed E-state index contributed by atoms with van der Waals surface area (Å²) in [5.41, 5.74) is 20.0. The Kier molecular flexibility index (Phi) is 8.23. The van der Waals surface area contributed by atoms with Crippen LogP contribution in [-0.2, 0) is 5.41 Å². The zero-order valence-electron chi connectivity index (χ0n) is 36.5. The molecule has 0 radical (unpaired) electrons. The van der Waals surface area contributed by atoms with Crippen LogP contribution in [0.5, 0.6) is 0 Å². The fourth-order valence-corrected chi connectivity index (χ4v) is 11.7. The molecule has 0 unspecified atom stereocenters. The van der Waals surface area contributed by atoms with Crippen molar-refractivity contribution in [1.82, 2.24) is 0 Å². The van der Waals surface area contributed by atoms with Crippen molar-refractivity contribution in [1.29, 1.82) is 0 Å². The summed E-state index contributed by atoms with van der Waals surface area (Å²) in [7, 11) is 0. The minimum Gasteiger partial charge on any atom is -0.455 e. The maximum Gasteiger partial charge on any atom is 0.143 e. The summed E-state index contributed by atoms with van der Waals surface area (Å²) >= 11 is 0. The first kappa shape index (κ1) is 37.6. The minimum absolute atomic E-state index is 0.422. The molecule has 14 rings (SSSR count). The predicted octanol–water partition coefficient (Wildman–Crippen LogP) is 17.6. The van der Waals surface area contributed by atoms with Gasteiger partial charge in [0.15, 0.2) is 0 Å². The van der Waals surface area contributed by atoms with E-state index in [-0.39, 0.29) is 0 Å². The van der Waals surface area contributed by atoms with Gasteiger partial charge in [0.1, 0.15) is 11.3 Å². The van der Waals surface area contributed by atoms with E-state index in [1.807, 2.05) is 0 Å². The Morgan fingerprint density at radius 2 is 0.836 bits per heavy atom. The Bertz CT molecular complexity index is 3860. The van der Waals surface area contributed by atoms with Crippen molar-refractivity contribution in [3.05, 3.63) is 271 Å². The molecule has 0 saturated carbocycles. The lowest BCUT2D eigenvalue weighted by molar-refractivity contribution is 0.636. The van der Waals surface area contributed by atoms with Crippen molar-refractivity contribution in [2.45, 2.75) is 5.41 Å². The van der Waals surface area contributed by atoms with Crippen LogP contribution in [-0.4, -0.2) is 0 Å². The topological polar surface area (TPSA) is 16.4 Å². The quantitative estimate of drug-likeness (QED) is 0.155. The van der Waals surface area contributed by atoms with Crippen LogP contribution in [0.2, 0.25) is 0 Å². The highest BCUT2D eigenvalue weighted by atomic mass is 16.3. The van der Waals surface area contributed by atoms with Gasteiger partial charge < -0.3 is 9.32 Å². The molecule has 2 nitrogen and oxygen atoms in total. The Morgan fingerprint density at radius 3 is 1.52 bits per heavy atom. The molecule has 1 spiro atoms. The van der Waals surface area contributed by atoms with Gasteiger partial charge in [0, 0.05) is 38.8 Å². The van der Waals surface area contributed by atoms with E-state index in [0.29, 0.717) is 0 Å². The third kappa shape index (κ3) is 5.39. The first-order valence-electron chi connectivity index (χ1n) is 23.2. The number of hydrogen-bond donors (Lipinski definition) is 0. The van der Waals surface area contributed by atoms with Crippen molar-refractivity contribution >= 4 is 49.6 Å². The van der Waals surface area contributed by atoms with Gasteiger partial charge in [-0.25, -0.2) is 0 Å². The number of benzene rings is 11. The molecule has 2 aliphatic rings. The van der Waals surface area contributed by atoms with Crippen LogP contribution in [0.15, 0.2) is 253 Å². The van der Waals surface area contributed by atoms with Crippen LogP contribution in [0.25, 0.3) is 88.3 Å². The summed E-state index contributed by atoms with van der Waals surface area (Å²) in [6.07, 6.45) is 0. The molecule has 67 heavy (non-hydrogen) atoms. The van der Waals surface area contributed by atoms with E-state index in [1.54, 1.807) is 0 Å². The predicted molar refractivity (Wildman–Crippen MR) is 279 cm³/mol. The third-order valence-electron chi connectivity index (χ3n) is 14.5. The molecule has 11 aromatic carbocycles. The molecule has 0 N–H and O–H groups in total. The average Bonchev–Trinajstić information content (AvgIpc) is 4.06. The molecule has 0 fully saturated rings. The number of rotatable bonds is 6. The smallest absolute Gasteiger partial charge is 0.143 e. The normalized spacial score (nSPS) is 12.9. The molecule has 1 heterocycles. The van der Waals surface area contributed by atoms with Crippen LogP contribution in [0, 0.1) is 0 Å². The van der Waals surface area contributed by atoms with Crippen LogP contribution >= 0.6 is 0 Å². The summed E-state index contributed by atoms with van der Waals surface area (Å²) in [5.74, 6) is 0.891. The van der Waals surface area contributed by atoms with Crippen molar-refractivity contribution in [3.8, 4) is 55.8 Å². The molecule has 2 aliphatic carbocycles. The lowest BCUT2D eigenvalue weighted by Crippen LogP contribution is -2.26. The molecule has 0 aliphatic heterocycles. The van der Waals surface area contributed by atoms with Gasteiger partial charge >= 0.3 is 0 Å². The maximum atomic E-state index is 7.05. The van der Waals surface area contributed by atoms with E-state index in [1.165, 1.54) is 60.7 Å². The monoisotopic (exact) mass is 851 g/mol. The van der Waals surface area contributed by atoms with Gasteiger partial charge in [-0.1, -0.05) is 206 Å². The molecule has 2 heteroatoms. The van der Waals surface area contributed by atoms with Crippen molar-refractivity contribution in [2.75, 3.05) is 4.90 Å². The first-order valence-corrected chi connectivity index (χ1v) is 23.2. The second-order valence-corrected chi connectivity index (χ2v) is 17.9. The Hall–Kier alpha value is -8.72. The van der Waals surface area contributed by atoms with Gasteiger partial charge in [-0.3, -0.25) is 0 Å². The molecule has 0 saturated heterocycles. The zero-order chi connectivity index (χ0) is 44.1. The number of furan rings is 1. The van der Waals surface area contributed by atoms with E-state index in [9.17, 15) is 0 Å². The molecule has 1 aromatic heterocycles. The number of fused-ring (bicyclic) bond motifs is 16. The zero-order valence-corrected chi connectivity index (χ0v) is 36.5. The highest BCUT2D eigenvalue weighted by molar-refractivity contribution is 6.29. The molecule has 0 bridgehead atoms. The largest absolute Gasteiger partial charge is 0.455 e. The highest BCUT2D eigenvalue weighted by Gasteiger charge is 2.52. The number of hydrogen-bond acceptors (Lipinski definition) is 2. The van der Waals surface area contributed by atoms with Crippen molar-refractivity contribution in [3.63, 3.8) is 0 Å². The lowest BCUT2D eigenvalue weighted by Gasteiger charge is -2.31. The number of para-hydroxylation sites is 1. The lowest BCUT2D eigenvalue weighted by atomic mass is 9.70. The second-order valence-electron chi connectivity index (χ2n) is 17.9. The van der Waals surface area contributed by atoms with E-state index in [2.05, 4.69) is 254 Å². The van der Waals surface area contributed by atoms with Crippen LogP contribution < -0.4 is 4.90 Å². The number of nitrogens with zero attached hydrogens (tertiary/aromatic N) is 1. The van der Waals surface area contributed by atoms with Gasteiger partial charge in [0.25, 0.3) is 0 Å². The standard InChI is InChI=1S/C65H41NO/c1-4-19-43(20-5-1)60-62-51-28-11-10-25-48(51)54-41-45(37-40-52(54)64(62)67-63(60)44-21-6-2-7-22-44)42-35-38-47(39-36-42)66(46-23-8-3-9-24-46)59-34-18-33-58-61(59)53-29-14-17-32-57(53)65(58)55-30-15-12-26-49(55)50-27-13-16-31-56(50)65/h1-41H. The second kappa shape index (κ2) is 14.7. The Morgan fingerprint density at radius 1 is 0.313 bits per heavy atom. The summed E-state index contributed by atoms with van der Waals surface area (Å²) in [4.78, 5) is 2.45. The maximum absolute atomic E-state index is 7.05. The molecular weight excluding hydrogens is 811 g/mol. The average molecular weight is 852 g/mol. The van der Waals surface area contributed by atoms with Crippen molar-refractivity contribution in [2.24, 2.45) is 0 Å². The van der Waals surface area contributed by atoms with Gasteiger partial charge in [0.05, 0.1) is 11.1 Å². The first-order chi connectivity index (χ1) is 33.3. The molecular formula is C65H41NO. The fourth-order valence-electron chi connectivity index (χ4n) is 11.7. The third-order valence-corrected chi connectivity index (χ3v) is 14.5. The van der Waals surface area contributed by atoms with Crippen LogP contribution in [0.4, 0.5) is 17.1 Å². The minimum atomic E-state index is -0.422. The molecule has 0 amide bonds. The summed E-state index contributed by atoms with van der Waals surface area (Å²) in [6, 6.07) is 90.9. The summed E-state index contributed by atoms with van der Waals surface area (Å²) in [5, 5.41) is 5.82.